The van der Waals surface area contributed by atoms with E-state index in [1.54, 1.807) is 20.2 Å². The van der Waals surface area contributed by atoms with E-state index < -0.39 is 0 Å². The first-order valence-corrected chi connectivity index (χ1v) is 4.64. The fraction of sp³-hybridized carbons (Fsp3) is 0.222. The summed E-state index contributed by atoms with van der Waals surface area (Å²) in [6.45, 7) is 0. The summed E-state index contributed by atoms with van der Waals surface area (Å²) in [5, 5.41) is 11.8. The van der Waals surface area contributed by atoms with Crippen molar-refractivity contribution in [1.82, 2.24) is 20.2 Å². The van der Waals surface area contributed by atoms with Crippen molar-refractivity contribution in [1.29, 1.82) is 0 Å². The van der Waals surface area contributed by atoms with Gasteiger partial charge in [-0.1, -0.05) is 6.07 Å². The first-order chi connectivity index (χ1) is 7.76. The van der Waals surface area contributed by atoms with Crippen LogP contribution < -0.4 is 16.0 Å². The van der Waals surface area contributed by atoms with Crippen molar-refractivity contribution in [3.8, 4) is 17.1 Å². The molecule has 16 heavy (non-hydrogen) atoms. The average molecular weight is 220 g/mol. The van der Waals surface area contributed by atoms with Crippen LogP contribution in [-0.4, -0.2) is 27.3 Å². The maximum Gasteiger partial charge on any atom is 0.208 e. The van der Waals surface area contributed by atoms with Crippen LogP contribution in [0.1, 0.15) is 0 Å². The lowest BCUT2D eigenvalue weighted by atomic mass is 10.1. The van der Waals surface area contributed by atoms with Crippen LogP contribution in [0.2, 0.25) is 0 Å². The van der Waals surface area contributed by atoms with Crippen LogP contribution in [0.3, 0.4) is 0 Å². The van der Waals surface area contributed by atoms with Crippen molar-refractivity contribution in [2.24, 2.45) is 12.9 Å². The maximum atomic E-state index is 5.39. The average Bonchev–Trinajstić information content (AvgIpc) is 2.74. The number of tetrazole rings is 1. The molecule has 0 saturated heterocycles. The Morgan fingerprint density at radius 3 is 2.81 bits per heavy atom. The Kier molecular flexibility index (Phi) is 2.69. The first-order valence-electron chi connectivity index (χ1n) is 4.64. The van der Waals surface area contributed by atoms with Crippen molar-refractivity contribution in [3.63, 3.8) is 0 Å². The smallest absolute Gasteiger partial charge is 0.208 e. The van der Waals surface area contributed by atoms with Gasteiger partial charge in [0.05, 0.1) is 25.4 Å². The monoisotopic (exact) mass is 220 g/mol. The SMILES string of the molecule is COc1c(NN)cccc1-c1nnn(C)n1. The molecule has 0 radical (unpaired) electrons. The molecule has 2 rings (SSSR count). The standard InChI is InChI=1S/C9H12N6O/c1-15-13-9(12-14-15)6-4-3-5-7(11-10)8(6)16-2/h3-5,11H,10H2,1-2H3. The second-order valence-electron chi connectivity index (χ2n) is 3.13. The zero-order valence-electron chi connectivity index (χ0n) is 9.01. The van der Waals surface area contributed by atoms with Gasteiger partial charge >= 0.3 is 0 Å². The molecular weight excluding hydrogens is 208 g/mol. The number of rotatable bonds is 3. The van der Waals surface area contributed by atoms with E-state index in [4.69, 9.17) is 10.6 Å². The number of methoxy groups -OCH3 is 1. The van der Waals surface area contributed by atoms with Crippen LogP contribution in [0, 0.1) is 0 Å². The van der Waals surface area contributed by atoms with Gasteiger partial charge in [0.2, 0.25) is 5.82 Å². The topological polar surface area (TPSA) is 90.9 Å². The van der Waals surface area contributed by atoms with E-state index in [1.165, 1.54) is 4.80 Å². The lowest BCUT2D eigenvalue weighted by molar-refractivity contribution is 0.418. The van der Waals surface area contributed by atoms with Gasteiger partial charge in [-0.15, -0.1) is 10.2 Å². The summed E-state index contributed by atoms with van der Waals surface area (Å²) in [4.78, 5) is 1.39. The number of anilines is 1. The lowest BCUT2D eigenvalue weighted by Gasteiger charge is -2.10. The zero-order chi connectivity index (χ0) is 11.5. The molecule has 0 spiro atoms. The van der Waals surface area contributed by atoms with Crippen molar-refractivity contribution in [2.75, 3.05) is 12.5 Å². The van der Waals surface area contributed by atoms with Gasteiger partial charge in [-0.05, 0) is 17.3 Å². The van der Waals surface area contributed by atoms with Crippen LogP contribution >= 0.6 is 0 Å². The number of nitrogens with zero attached hydrogens (tertiary/aromatic N) is 4. The van der Waals surface area contributed by atoms with Gasteiger partial charge in [0.15, 0.2) is 5.75 Å². The summed E-state index contributed by atoms with van der Waals surface area (Å²) in [6.07, 6.45) is 0. The Morgan fingerprint density at radius 1 is 1.44 bits per heavy atom. The summed E-state index contributed by atoms with van der Waals surface area (Å²) in [6, 6.07) is 5.48. The molecule has 0 unspecified atom stereocenters. The van der Waals surface area contributed by atoms with E-state index in [-0.39, 0.29) is 0 Å². The van der Waals surface area contributed by atoms with E-state index in [0.29, 0.717) is 17.3 Å². The van der Waals surface area contributed by atoms with Gasteiger partial charge in [-0.2, -0.15) is 4.80 Å². The molecule has 1 heterocycles. The highest BCUT2D eigenvalue weighted by Gasteiger charge is 2.13. The highest BCUT2D eigenvalue weighted by molar-refractivity contribution is 5.73. The molecule has 1 aromatic heterocycles. The van der Waals surface area contributed by atoms with Crippen molar-refractivity contribution in [2.45, 2.75) is 0 Å². The summed E-state index contributed by atoms with van der Waals surface area (Å²) in [5.41, 5.74) is 3.97. The second kappa shape index (κ2) is 4.15. The number of aryl methyl sites for hydroxylation is 1. The summed E-state index contributed by atoms with van der Waals surface area (Å²) in [7, 11) is 3.27. The summed E-state index contributed by atoms with van der Waals surface area (Å²) in [5.74, 6) is 6.48. The van der Waals surface area contributed by atoms with E-state index >= 15 is 0 Å². The Labute approximate surface area is 92.2 Å². The number of ether oxygens (including phenoxy) is 1. The number of aromatic nitrogens is 4. The lowest BCUT2D eigenvalue weighted by Crippen LogP contribution is -2.08. The summed E-state index contributed by atoms with van der Waals surface area (Å²) >= 11 is 0. The number of para-hydroxylation sites is 1. The Hall–Kier alpha value is -2.15. The molecule has 2 aromatic rings. The number of benzene rings is 1. The van der Waals surface area contributed by atoms with Crippen molar-refractivity contribution < 1.29 is 4.74 Å². The molecule has 0 aliphatic carbocycles. The highest BCUT2D eigenvalue weighted by Crippen LogP contribution is 2.33. The van der Waals surface area contributed by atoms with Crippen molar-refractivity contribution in [3.05, 3.63) is 18.2 Å². The van der Waals surface area contributed by atoms with Crippen molar-refractivity contribution >= 4 is 5.69 Å². The Morgan fingerprint density at radius 2 is 2.25 bits per heavy atom. The van der Waals surface area contributed by atoms with Gasteiger partial charge in [0.25, 0.3) is 0 Å². The largest absolute Gasteiger partial charge is 0.494 e. The second-order valence-corrected chi connectivity index (χ2v) is 3.13. The van der Waals surface area contributed by atoms with E-state index in [2.05, 4.69) is 20.8 Å². The molecule has 1 aromatic carbocycles. The van der Waals surface area contributed by atoms with Gasteiger partial charge < -0.3 is 10.2 Å². The predicted molar refractivity (Wildman–Crippen MR) is 58.6 cm³/mol. The third-order valence-corrected chi connectivity index (χ3v) is 2.12. The van der Waals surface area contributed by atoms with Crippen LogP contribution in [0.25, 0.3) is 11.4 Å². The minimum Gasteiger partial charge on any atom is -0.494 e. The molecule has 0 amide bonds. The molecule has 0 aliphatic rings. The van der Waals surface area contributed by atoms with Gasteiger partial charge in [-0.25, -0.2) is 0 Å². The van der Waals surface area contributed by atoms with Gasteiger partial charge in [-0.3, -0.25) is 5.84 Å². The van der Waals surface area contributed by atoms with E-state index in [1.807, 2.05) is 12.1 Å². The molecule has 0 aliphatic heterocycles. The third-order valence-electron chi connectivity index (χ3n) is 2.12. The Balaban J connectivity index is 2.56. The number of hydrazine groups is 1. The van der Waals surface area contributed by atoms with Crippen LogP contribution in [0.5, 0.6) is 5.75 Å². The molecular formula is C9H12N6O. The molecule has 84 valence electrons. The fourth-order valence-electron chi connectivity index (χ4n) is 1.44. The van der Waals surface area contributed by atoms with E-state index in [0.717, 1.165) is 5.56 Å². The number of hydrogen-bond acceptors (Lipinski definition) is 6. The minimum atomic E-state index is 0.497. The highest BCUT2D eigenvalue weighted by atomic mass is 16.5. The maximum absolute atomic E-state index is 5.39. The minimum absolute atomic E-state index is 0.497. The number of nitrogen functional groups attached to an aromatic ring is 1. The molecule has 7 heteroatoms. The number of hydrogen-bond donors (Lipinski definition) is 2. The predicted octanol–water partition coefficient (Wildman–Crippen LogP) is 0.171. The number of nitrogens with two attached hydrogens (primary N) is 1. The van der Waals surface area contributed by atoms with Gasteiger partial charge in [0, 0.05) is 0 Å². The molecule has 0 fully saturated rings. The van der Waals surface area contributed by atoms with Crippen LogP contribution in [0.15, 0.2) is 18.2 Å². The van der Waals surface area contributed by atoms with Crippen LogP contribution in [0.4, 0.5) is 5.69 Å². The molecule has 3 N–H and O–H groups in total. The number of nitrogens with one attached hydrogen (secondary N) is 1. The normalized spacial score (nSPS) is 10.2. The summed E-state index contributed by atoms with van der Waals surface area (Å²) < 4.78 is 5.27. The quantitative estimate of drug-likeness (QED) is 0.566. The molecule has 0 atom stereocenters. The van der Waals surface area contributed by atoms with Gasteiger partial charge in [0.1, 0.15) is 0 Å². The fourth-order valence-corrected chi connectivity index (χ4v) is 1.44. The third kappa shape index (κ3) is 1.68. The molecule has 0 saturated carbocycles. The first kappa shape index (κ1) is 10.4. The van der Waals surface area contributed by atoms with E-state index in [9.17, 15) is 0 Å². The Bertz CT molecular complexity index is 494. The molecule has 7 nitrogen and oxygen atoms in total. The zero-order valence-corrected chi connectivity index (χ0v) is 9.01. The van der Waals surface area contributed by atoms with Crippen LogP contribution in [-0.2, 0) is 7.05 Å². The molecule has 0 bridgehead atoms.